The Bertz CT molecular complexity index is 1060. The molecule has 138 valence electrons. The van der Waals surface area contributed by atoms with Crippen LogP contribution in [0.3, 0.4) is 0 Å². The van der Waals surface area contributed by atoms with Crippen molar-refractivity contribution in [3.05, 3.63) is 77.4 Å². The predicted molar refractivity (Wildman–Crippen MR) is 105 cm³/mol. The summed E-state index contributed by atoms with van der Waals surface area (Å²) in [5, 5.41) is 5.73. The van der Waals surface area contributed by atoms with E-state index in [0.717, 1.165) is 16.9 Å². The maximum atomic E-state index is 12.5. The number of thiophene rings is 1. The Labute approximate surface area is 160 Å². The van der Waals surface area contributed by atoms with Gasteiger partial charge in [0, 0.05) is 18.0 Å². The lowest BCUT2D eigenvalue weighted by Crippen LogP contribution is -2.22. The van der Waals surface area contributed by atoms with Gasteiger partial charge in [0.15, 0.2) is 0 Å². The molecule has 2 aromatic heterocycles. The van der Waals surface area contributed by atoms with Crippen LogP contribution in [-0.2, 0) is 10.0 Å². The molecule has 27 heavy (non-hydrogen) atoms. The van der Waals surface area contributed by atoms with Crippen LogP contribution in [0.25, 0.3) is 0 Å². The van der Waals surface area contributed by atoms with Crippen LogP contribution in [0, 0.1) is 0 Å². The second-order valence-electron chi connectivity index (χ2n) is 5.46. The molecule has 2 heterocycles. The number of carbonyl (C=O) groups excluding carboxylic acids is 1. The zero-order valence-electron chi connectivity index (χ0n) is 14.3. The van der Waals surface area contributed by atoms with Crippen molar-refractivity contribution >= 4 is 38.7 Å². The summed E-state index contributed by atoms with van der Waals surface area (Å²) in [7, 11) is -3.76. The number of anilines is 1. The largest absolute Gasteiger partial charge is 0.278 e. The molecule has 2 N–H and O–H groups in total. The number of aromatic nitrogens is 1. The molecule has 0 fully saturated rings. The molecule has 1 amide bonds. The number of nitrogens with zero attached hydrogens (tertiary/aromatic N) is 2. The fourth-order valence-electron chi connectivity index (χ4n) is 2.22. The van der Waals surface area contributed by atoms with E-state index in [9.17, 15) is 13.2 Å². The smallest absolute Gasteiger partial charge is 0.273 e. The zero-order chi connectivity index (χ0) is 19.3. The van der Waals surface area contributed by atoms with Gasteiger partial charge in [0.1, 0.15) is 4.21 Å². The van der Waals surface area contributed by atoms with E-state index < -0.39 is 15.9 Å². The lowest BCUT2D eigenvalue weighted by atomic mass is 10.2. The Morgan fingerprint density at radius 3 is 2.63 bits per heavy atom. The molecule has 1 aromatic carbocycles. The van der Waals surface area contributed by atoms with Crippen molar-refractivity contribution in [3.8, 4) is 0 Å². The van der Waals surface area contributed by atoms with Crippen LogP contribution in [0.4, 0.5) is 5.69 Å². The molecule has 3 rings (SSSR count). The van der Waals surface area contributed by atoms with Gasteiger partial charge >= 0.3 is 0 Å². The fraction of sp³-hybridized carbons (Fsp3) is 0.0556. The van der Waals surface area contributed by atoms with E-state index in [2.05, 4.69) is 20.2 Å². The number of pyridine rings is 1. The number of nitrogens with one attached hydrogen (secondary N) is 2. The van der Waals surface area contributed by atoms with Crippen molar-refractivity contribution in [2.24, 2.45) is 5.10 Å². The summed E-state index contributed by atoms with van der Waals surface area (Å²) in [4.78, 5) is 16.5. The molecule has 0 saturated heterocycles. The lowest BCUT2D eigenvalue weighted by Gasteiger charge is -2.11. The number of hydrazone groups is 1. The molecule has 0 aliphatic rings. The minimum absolute atomic E-state index is 0.167. The van der Waals surface area contributed by atoms with Crippen LogP contribution in [-0.4, -0.2) is 25.0 Å². The average Bonchev–Trinajstić information content (AvgIpc) is 3.22. The second-order valence-corrected chi connectivity index (χ2v) is 8.32. The summed E-state index contributed by atoms with van der Waals surface area (Å²) in [6, 6.07) is 13.1. The molecule has 0 spiro atoms. The van der Waals surface area contributed by atoms with Gasteiger partial charge in [-0.1, -0.05) is 24.3 Å². The van der Waals surface area contributed by atoms with Gasteiger partial charge in [0.25, 0.3) is 15.9 Å². The highest BCUT2D eigenvalue weighted by Gasteiger charge is 2.19. The highest BCUT2D eigenvalue weighted by Crippen LogP contribution is 2.22. The molecule has 0 aliphatic carbocycles. The monoisotopic (exact) mass is 400 g/mol. The Morgan fingerprint density at radius 2 is 1.93 bits per heavy atom. The summed E-state index contributed by atoms with van der Waals surface area (Å²) in [5.41, 5.74) is 4.14. The molecule has 9 heteroatoms. The third-order valence-corrected chi connectivity index (χ3v) is 6.34. The van der Waals surface area contributed by atoms with Crippen molar-refractivity contribution in [2.75, 3.05) is 4.72 Å². The van der Waals surface area contributed by atoms with Crippen molar-refractivity contribution in [3.63, 3.8) is 0 Å². The number of para-hydroxylation sites is 1. The molecule has 0 unspecified atom stereocenters. The van der Waals surface area contributed by atoms with Crippen molar-refractivity contribution in [2.45, 2.75) is 11.1 Å². The predicted octanol–water partition coefficient (Wildman–Crippen LogP) is 3.10. The molecule has 3 aromatic rings. The third-order valence-electron chi connectivity index (χ3n) is 3.58. The molecule has 0 saturated carbocycles. The Balaban J connectivity index is 1.80. The molecule has 0 bridgehead atoms. The summed E-state index contributed by atoms with van der Waals surface area (Å²) < 4.78 is 27.5. The van der Waals surface area contributed by atoms with E-state index in [4.69, 9.17) is 0 Å². The zero-order valence-corrected chi connectivity index (χ0v) is 15.9. The fourth-order valence-corrected chi connectivity index (χ4v) is 4.29. The number of hydrogen-bond donors (Lipinski definition) is 2. The first-order chi connectivity index (χ1) is 13.0. The SMILES string of the molecule is CC(=NNC(=O)c1ccccc1NS(=O)(=O)c1cccs1)c1cccnc1. The highest BCUT2D eigenvalue weighted by atomic mass is 32.2. The van der Waals surface area contributed by atoms with Gasteiger partial charge in [0.2, 0.25) is 0 Å². The molecular weight excluding hydrogens is 384 g/mol. The maximum Gasteiger partial charge on any atom is 0.273 e. The van der Waals surface area contributed by atoms with Gasteiger partial charge in [-0.15, -0.1) is 11.3 Å². The lowest BCUT2D eigenvalue weighted by molar-refractivity contribution is 0.0955. The minimum atomic E-state index is -3.76. The minimum Gasteiger partial charge on any atom is -0.278 e. The van der Waals surface area contributed by atoms with Crippen LogP contribution >= 0.6 is 11.3 Å². The third kappa shape index (κ3) is 4.57. The van der Waals surface area contributed by atoms with Crippen LogP contribution < -0.4 is 10.1 Å². The average molecular weight is 400 g/mol. The van der Waals surface area contributed by atoms with E-state index >= 15 is 0 Å². The van der Waals surface area contributed by atoms with E-state index in [0.29, 0.717) is 5.71 Å². The first-order valence-electron chi connectivity index (χ1n) is 7.88. The van der Waals surface area contributed by atoms with E-state index in [1.54, 1.807) is 49.0 Å². The maximum absolute atomic E-state index is 12.5. The Hall–Kier alpha value is -3.04. The van der Waals surface area contributed by atoms with E-state index in [-0.39, 0.29) is 15.5 Å². The van der Waals surface area contributed by atoms with Crippen molar-refractivity contribution in [1.82, 2.24) is 10.4 Å². The summed E-state index contributed by atoms with van der Waals surface area (Å²) in [6.07, 6.45) is 3.28. The van der Waals surface area contributed by atoms with Crippen LogP contribution in [0.15, 0.2) is 75.6 Å². The normalized spacial score (nSPS) is 11.8. The second kappa shape index (κ2) is 8.11. The first kappa shape index (κ1) is 18.7. The van der Waals surface area contributed by atoms with Crippen molar-refractivity contribution in [1.29, 1.82) is 0 Å². The number of benzene rings is 1. The summed E-state index contributed by atoms with van der Waals surface area (Å²) in [6.45, 7) is 1.74. The topological polar surface area (TPSA) is 101 Å². The number of amides is 1. The number of carbonyl (C=O) groups is 1. The Kier molecular flexibility index (Phi) is 5.63. The van der Waals surface area contributed by atoms with Crippen LogP contribution in [0.1, 0.15) is 22.8 Å². The Morgan fingerprint density at radius 1 is 1.11 bits per heavy atom. The van der Waals surface area contributed by atoms with E-state index in [1.165, 1.54) is 18.2 Å². The number of rotatable bonds is 6. The molecule has 7 nitrogen and oxygen atoms in total. The molecule has 0 radical (unpaired) electrons. The standard InChI is InChI=1S/C18H16N4O3S2/c1-13(14-6-4-10-19-12-14)20-21-18(23)15-7-2-3-8-16(15)22-27(24,25)17-9-5-11-26-17/h2-12,22H,1H3,(H,21,23). The van der Waals surface area contributed by atoms with Gasteiger partial charge in [-0.3, -0.25) is 14.5 Å². The van der Waals surface area contributed by atoms with E-state index in [1.807, 2.05) is 6.07 Å². The summed E-state index contributed by atoms with van der Waals surface area (Å²) >= 11 is 1.10. The van der Waals surface area contributed by atoms with Crippen LogP contribution in [0.2, 0.25) is 0 Å². The number of hydrogen-bond acceptors (Lipinski definition) is 6. The summed E-state index contributed by atoms with van der Waals surface area (Å²) in [5.74, 6) is -0.525. The van der Waals surface area contributed by atoms with Crippen molar-refractivity contribution < 1.29 is 13.2 Å². The molecule has 0 aliphatic heterocycles. The number of sulfonamides is 1. The molecule has 0 atom stereocenters. The molecular formula is C18H16N4O3S2. The van der Waals surface area contributed by atoms with Gasteiger partial charge in [-0.2, -0.15) is 5.10 Å². The van der Waals surface area contributed by atoms with Gasteiger partial charge < -0.3 is 0 Å². The van der Waals surface area contributed by atoms with Gasteiger partial charge in [-0.05, 0) is 36.6 Å². The van der Waals surface area contributed by atoms with Crippen LogP contribution in [0.5, 0.6) is 0 Å². The highest BCUT2D eigenvalue weighted by molar-refractivity contribution is 7.94. The first-order valence-corrected chi connectivity index (χ1v) is 10.2. The quantitative estimate of drug-likeness (QED) is 0.490. The van der Waals surface area contributed by atoms with Gasteiger partial charge in [-0.25, -0.2) is 13.8 Å². The van der Waals surface area contributed by atoms with Gasteiger partial charge in [0.05, 0.1) is 17.0 Å².